The summed E-state index contributed by atoms with van der Waals surface area (Å²) in [5.74, 6) is 0.606. The lowest BCUT2D eigenvalue weighted by Crippen LogP contribution is -1.90. The van der Waals surface area contributed by atoms with Crippen LogP contribution in [0.5, 0.6) is 5.88 Å². The molecule has 1 rings (SSSR count). The van der Waals surface area contributed by atoms with E-state index in [-0.39, 0.29) is 0 Å². The van der Waals surface area contributed by atoms with Crippen molar-refractivity contribution in [1.82, 2.24) is 9.97 Å². The SMILES string of the molecule is COc1ccnc(I)n1. The van der Waals surface area contributed by atoms with Crippen molar-refractivity contribution in [2.45, 2.75) is 0 Å². The van der Waals surface area contributed by atoms with Gasteiger partial charge in [-0.2, -0.15) is 4.98 Å². The molecule has 9 heavy (non-hydrogen) atoms. The van der Waals surface area contributed by atoms with Gasteiger partial charge in [0.2, 0.25) is 5.88 Å². The first-order chi connectivity index (χ1) is 4.33. The molecule has 48 valence electrons. The third-order valence-corrected chi connectivity index (χ3v) is 1.33. The molecule has 0 aliphatic rings. The summed E-state index contributed by atoms with van der Waals surface area (Å²) in [6.45, 7) is 0. The van der Waals surface area contributed by atoms with E-state index >= 15 is 0 Å². The topological polar surface area (TPSA) is 35.0 Å². The number of rotatable bonds is 1. The Bertz CT molecular complexity index is 204. The summed E-state index contributed by atoms with van der Waals surface area (Å²) in [6.07, 6.45) is 1.66. The molecule has 0 aliphatic carbocycles. The zero-order valence-corrected chi connectivity index (χ0v) is 6.99. The Morgan fingerprint density at radius 2 is 2.44 bits per heavy atom. The van der Waals surface area contributed by atoms with E-state index in [0.717, 1.165) is 0 Å². The van der Waals surface area contributed by atoms with Crippen LogP contribution in [0.2, 0.25) is 0 Å². The molecular weight excluding hydrogens is 231 g/mol. The van der Waals surface area contributed by atoms with Crippen LogP contribution < -0.4 is 4.74 Å². The van der Waals surface area contributed by atoms with Gasteiger partial charge in [-0.3, -0.25) is 0 Å². The molecule has 0 N–H and O–H groups in total. The lowest BCUT2D eigenvalue weighted by atomic mass is 10.6. The van der Waals surface area contributed by atoms with Gasteiger partial charge in [0, 0.05) is 34.9 Å². The van der Waals surface area contributed by atoms with Crippen LogP contribution in [0.25, 0.3) is 0 Å². The van der Waals surface area contributed by atoms with Crippen LogP contribution in [0, 0.1) is 3.83 Å². The Hall–Kier alpha value is -0.390. The summed E-state index contributed by atoms with van der Waals surface area (Å²) in [7, 11) is 1.58. The van der Waals surface area contributed by atoms with E-state index in [9.17, 15) is 0 Å². The van der Waals surface area contributed by atoms with E-state index in [1.807, 2.05) is 22.6 Å². The lowest BCUT2D eigenvalue weighted by Gasteiger charge is -1.94. The van der Waals surface area contributed by atoms with Gasteiger partial charge in [-0.25, -0.2) is 4.98 Å². The van der Waals surface area contributed by atoms with Gasteiger partial charge in [0.05, 0.1) is 7.11 Å². The second-order valence-electron chi connectivity index (χ2n) is 1.37. The molecule has 0 radical (unpaired) electrons. The van der Waals surface area contributed by atoms with E-state index in [2.05, 4.69) is 9.97 Å². The van der Waals surface area contributed by atoms with Gasteiger partial charge in [0.15, 0.2) is 3.83 Å². The number of hydrogen-bond donors (Lipinski definition) is 0. The fourth-order valence-electron chi connectivity index (χ4n) is 0.433. The van der Waals surface area contributed by atoms with Crippen molar-refractivity contribution in [1.29, 1.82) is 0 Å². The fourth-order valence-corrected chi connectivity index (χ4v) is 0.832. The highest BCUT2D eigenvalue weighted by Crippen LogP contribution is 2.04. The first-order valence-electron chi connectivity index (χ1n) is 2.35. The number of aromatic nitrogens is 2. The first-order valence-corrected chi connectivity index (χ1v) is 3.43. The highest BCUT2D eigenvalue weighted by atomic mass is 127. The maximum atomic E-state index is 4.84. The van der Waals surface area contributed by atoms with Gasteiger partial charge >= 0.3 is 0 Å². The molecule has 3 nitrogen and oxygen atoms in total. The average molecular weight is 236 g/mol. The van der Waals surface area contributed by atoms with Crippen LogP contribution in [0.4, 0.5) is 0 Å². The zero-order valence-electron chi connectivity index (χ0n) is 4.84. The minimum atomic E-state index is 0.606. The normalized spacial score (nSPS) is 9.11. The molecule has 0 fully saturated rings. The summed E-state index contributed by atoms with van der Waals surface area (Å²) >= 11 is 2.03. The van der Waals surface area contributed by atoms with Gasteiger partial charge in [-0.1, -0.05) is 0 Å². The largest absolute Gasteiger partial charge is 0.481 e. The Morgan fingerprint density at radius 3 is 2.89 bits per heavy atom. The van der Waals surface area contributed by atoms with Crippen molar-refractivity contribution >= 4 is 22.6 Å². The molecule has 4 heteroatoms. The maximum Gasteiger partial charge on any atom is 0.216 e. The van der Waals surface area contributed by atoms with E-state index in [0.29, 0.717) is 9.71 Å². The van der Waals surface area contributed by atoms with E-state index in [4.69, 9.17) is 4.74 Å². The summed E-state index contributed by atoms with van der Waals surface area (Å²) in [5, 5.41) is 0. The van der Waals surface area contributed by atoms with E-state index < -0.39 is 0 Å². The van der Waals surface area contributed by atoms with Crippen LogP contribution in [0.15, 0.2) is 12.3 Å². The van der Waals surface area contributed by atoms with Gasteiger partial charge in [-0.15, -0.1) is 0 Å². The monoisotopic (exact) mass is 236 g/mol. The molecule has 0 saturated heterocycles. The minimum absolute atomic E-state index is 0.606. The zero-order chi connectivity index (χ0) is 6.69. The number of halogens is 1. The van der Waals surface area contributed by atoms with Crippen molar-refractivity contribution in [2.24, 2.45) is 0 Å². The van der Waals surface area contributed by atoms with Crippen LogP contribution >= 0.6 is 22.6 Å². The molecule has 0 spiro atoms. The van der Waals surface area contributed by atoms with Crippen LogP contribution in [-0.4, -0.2) is 17.1 Å². The second-order valence-corrected chi connectivity index (χ2v) is 2.33. The molecule has 1 aromatic rings. The van der Waals surface area contributed by atoms with Crippen LogP contribution in [-0.2, 0) is 0 Å². The third-order valence-electron chi connectivity index (χ3n) is 0.810. The number of methoxy groups -OCH3 is 1. The minimum Gasteiger partial charge on any atom is -0.481 e. The predicted molar refractivity (Wildman–Crippen MR) is 41.3 cm³/mol. The number of nitrogens with zero attached hydrogens (tertiary/aromatic N) is 2. The Labute approximate surface area is 66.6 Å². The van der Waals surface area contributed by atoms with Gasteiger partial charge in [0.1, 0.15) is 0 Å². The highest BCUT2D eigenvalue weighted by Gasteiger charge is 1.91. The summed E-state index contributed by atoms with van der Waals surface area (Å²) in [5.41, 5.74) is 0. The first kappa shape index (κ1) is 6.73. The van der Waals surface area contributed by atoms with Gasteiger partial charge in [-0.05, 0) is 0 Å². The molecule has 0 bridgehead atoms. The number of hydrogen-bond acceptors (Lipinski definition) is 3. The molecule has 0 saturated carbocycles. The van der Waals surface area contributed by atoms with Crippen molar-refractivity contribution in [3.05, 3.63) is 16.1 Å². The van der Waals surface area contributed by atoms with Crippen molar-refractivity contribution < 1.29 is 4.74 Å². The van der Waals surface area contributed by atoms with Crippen molar-refractivity contribution in [2.75, 3.05) is 7.11 Å². The fraction of sp³-hybridized carbons (Fsp3) is 0.200. The van der Waals surface area contributed by atoms with Crippen molar-refractivity contribution in [3.8, 4) is 5.88 Å². The Morgan fingerprint density at radius 1 is 1.67 bits per heavy atom. The molecule has 0 unspecified atom stereocenters. The molecule has 0 atom stereocenters. The average Bonchev–Trinajstić information content (AvgIpc) is 1.88. The Kier molecular flexibility index (Phi) is 2.21. The van der Waals surface area contributed by atoms with E-state index in [1.54, 1.807) is 19.4 Å². The molecule has 0 aliphatic heterocycles. The quantitative estimate of drug-likeness (QED) is 0.540. The predicted octanol–water partition coefficient (Wildman–Crippen LogP) is 1.09. The lowest BCUT2D eigenvalue weighted by molar-refractivity contribution is 0.395. The number of ether oxygens (including phenoxy) is 1. The maximum absolute atomic E-state index is 4.84. The smallest absolute Gasteiger partial charge is 0.216 e. The summed E-state index contributed by atoms with van der Waals surface area (Å²) < 4.78 is 5.54. The van der Waals surface area contributed by atoms with Gasteiger partial charge in [0.25, 0.3) is 0 Å². The van der Waals surface area contributed by atoms with Crippen molar-refractivity contribution in [3.63, 3.8) is 0 Å². The van der Waals surface area contributed by atoms with Crippen LogP contribution in [0.3, 0.4) is 0 Å². The molecule has 0 amide bonds. The molecule has 0 aromatic carbocycles. The summed E-state index contributed by atoms with van der Waals surface area (Å²) in [4.78, 5) is 7.83. The molecule has 1 aromatic heterocycles. The second kappa shape index (κ2) is 2.95. The molecular formula is C5H5IN2O. The standard InChI is InChI=1S/C5H5IN2O/c1-9-4-2-3-7-5(6)8-4/h2-3H,1H3. The summed E-state index contributed by atoms with van der Waals surface area (Å²) in [6, 6.07) is 1.71. The Balaban J connectivity index is 2.94. The van der Waals surface area contributed by atoms with Crippen LogP contribution in [0.1, 0.15) is 0 Å². The van der Waals surface area contributed by atoms with E-state index in [1.165, 1.54) is 0 Å². The molecule has 1 heterocycles. The highest BCUT2D eigenvalue weighted by molar-refractivity contribution is 14.1. The third kappa shape index (κ3) is 1.78. The van der Waals surface area contributed by atoms with Gasteiger partial charge < -0.3 is 4.74 Å².